The molecule has 0 bridgehead atoms. The van der Waals surface area contributed by atoms with E-state index in [9.17, 15) is 4.79 Å². The van der Waals surface area contributed by atoms with Crippen molar-refractivity contribution in [1.82, 2.24) is 24.1 Å². The number of thioether (sulfide) groups is 1. The number of hydrogen-bond acceptors (Lipinski definition) is 7. The molecule has 0 radical (unpaired) electrons. The summed E-state index contributed by atoms with van der Waals surface area (Å²) < 4.78 is 9.35. The molecule has 8 nitrogen and oxygen atoms in total. The van der Waals surface area contributed by atoms with Crippen LogP contribution < -0.4 is 10.5 Å². The number of fused-ring (bicyclic) bond motifs is 1. The van der Waals surface area contributed by atoms with Crippen molar-refractivity contribution >= 4 is 23.2 Å². The van der Waals surface area contributed by atoms with Gasteiger partial charge in [0.2, 0.25) is 0 Å². The molecular formula is C21H26N6O2S. The normalized spacial score (nSPS) is 16.9. The van der Waals surface area contributed by atoms with Crippen LogP contribution in [0.15, 0.2) is 40.6 Å². The molecule has 4 heterocycles. The second-order valence-corrected chi connectivity index (χ2v) is 8.47. The number of aryl methyl sites for hydroxylation is 1. The molecule has 1 aliphatic heterocycles. The highest BCUT2D eigenvalue weighted by Crippen LogP contribution is 2.27. The predicted octanol–water partition coefficient (Wildman–Crippen LogP) is 2.55. The Bertz CT molecular complexity index is 1170. The molecule has 158 valence electrons. The van der Waals surface area contributed by atoms with Crippen LogP contribution in [0.5, 0.6) is 0 Å². The Balaban J connectivity index is 1.75. The minimum absolute atomic E-state index is 0.0627. The van der Waals surface area contributed by atoms with Crippen molar-refractivity contribution in [2.45, 2.75) is 31.4 Å². The quantitative estimate of drug-likeness (QED) is 0.458. The van der Waals surface area contributed by atoms with Gasteiger partial charge in [0.25, 0.3) is 5.56 Å². The molecule has 0 aromatic carbocycles. The third-order valence-corrected chi connectivity index (χ3v) is 5.90. The number of hydrogen-bond donors (Lipinski definition) is 0. The molecule has 1 fully saturated rings. The van der Waals surface area contributed by atoms with E-state index < -0.39 is 0 Å². The van der Waals surface area contributed by atoms with Gasteiger partial charge in [-0.15, -0.1) is 11.8 Å². The van der Waals surface area contributed by atoms with Gasteiger partial charge in [0.05, 0.1) is 31.2 Å². The van der Waals surface area contributed by atoms with E-state index in [2.05, 4.69) is 16.6 Å². The number of anilines is 1. The lowest BCUT2D eigenvalue weighted by Gasteiger charge is -2.33. The van der Waals surface area contributed by atoms with Gasteiger partial charge in [-0.2, -0.15) is 5.10 Å². The van der Waals surface area contributed by atoms with Gasteiger partial charge in [-0.1, -0.05) is 12.2 Å². The van der Waals surface area contributed by atoms with E-state index in [-0.39, 0.29) is 11.7 Å². The Morgan fingerprint density at radius 3 is 2.83 bits per heavy atom. The highest BCUT2D eigenvalue weighted by Gasteiger charge is 2.25. The van der Waals surface area contributed by atoms with Crippen LogP contribution in [0.3, 0.4) is 0 Å². The van der Waals surface area contributed by atoms with Crippen LogP contribution in [-0.4, -0.2) is 50.1 Å². The monoisotopic (exact) mass is 426 g/mol. The minimum Gasteiger partial charge on any atom is -0.370 e. The summed E-state index contributed by atoms with van der Waals surface area (Å²) in [5.74, 6) is 0.750. The van der Waals surface area contributed by atoms with E-state index >= 15 is 0 Å². The van der Waals surface area contributed by atoms with Gasteiger partial charge in [0.15, 0.2) is 5.65 Å². The zero-order chi connectivity index (χ0) is 21.4. The van der Waals surface area contributed by atoms with Crippen LogP contribution in [0.1, 0.15) is 29.8 Å². The zero-order valence-electron chi connectivity index (χ0n) is 17.8. The Hall–Kier alpha value is -2.65. The van der Waals surface area contributed by atoms with Crippen molar-refractivity contribution in [3.63, 3.8) is 0 Å². The molecule has 0 spiro atoms. The molecule has 0 N–H and O–H groups in total. The number of aromatic nitrogens is 5. The van der Waals surface area contributed by atoms with Crippen molar-refractivity contribution in [2.75, 3.05) is 30.9 Å². The first-order valence-electron chi connectivity index (χ1n) is 9.83. The number of rotatable bonds is 5. The van der Waals surface area contributed by atoms with Gasteiger partial charge < -0.3 is 9.64 Å². The fourth-order valence-electron chi connectivity index (χ4n) is 3.65. The third kappa shape index (κ3) is 3.87. The second-order valence-electron chi connectivity index (χ2n) is 7.68. The average molecular weight is 427 g/mol. The van der Waals surface area contributed by atoms with Crippen LogP contribution >= 0.6 is 11.8 Å². The standard InChI is InChI=1S/C21H26N6O2S/c1-13(2)8-16-14(3)21(28)27-12-18(24-20(30-5)19(27)23-16)26-6-7-29-17(11-26)15-9-22-25(4)10-15/h9-10,12,17H,1,6-8,11H2,2-5H3/t17-/m1/s1. The number of ether oxygens (including phenoxy) is 1. The maximum absolute atomic E-state index is 13.1. The Morgan fingerprint density at radius 1 is 1.37 bits per heavy atom. The van der Waals surface area contributed by atoms with Gasteiger partial charge in [-0.05, 0) is 20.1 Å². The molecule has 9 heteroatoms. The van der Waals surface area contributed by atoms with Crippen molar-refractivity contribution in [1.29, 1.82) is 0 Å². The molecule has 4 rings (SSSR count). The summed E-state index contributed by atoms with van der Waals surface area (Å²) in [5, 5.41) is 4.98. The molecule has 1 aliphatic rings. The van der Waals surface area contributed by atoms with E-state index in [0.29, 0.717) is 37.3 Å². The summed E-state index contributed by atoms with van der Waals surface area (Å²) in [6, 6.07) is 0. The van der Waals surface area contributed by atoms with Gasteiger partial charge in [0, 0.05) is 37.3 Å². The summed E-state index contributed by atoms with van der Waals surface area (Å²) in [4.78, 5) is 24.9. The summed E-state index contributed by atoms with van der Waals surface area (Å²) in [7, 11) is 1.89. The van der Waals surface area contributed by atoms with Crippen molar-refractivity contribution < 1.29 is 4.74 Å². The van der Waals surface area contributed by atoms with Crippen LogP contribution in [-0.2, 0) is 18.2 Å². The number of morpholine rings is 1. The van der Waals surface area contributed by atoms with Crippen LogP contribution in [0.4, 0.5) is 5.82 Å². The molecule has 30 heavy (non-hydrogen) atoms. The summed E-state index contributed by atoms with van der Waals surface area (Å²) in [5.41, 5.74) is 3.95. The number of nitrogens with zero attached hydrogens (tertiary/aromatic N) is 6. The van der Waals surface area contributed by atoms with Crippen LogP contribution in [0.25, 0.3) is 5.65 Å². The molecule has 0 amide bonds. The van der Waals surface area contributed by atoms with Gasteiger partial charge >= 0.3 is 0 Å². The maximum Gasteiger partial charge on any atom is 0.261 e. The van der Waals surface area contributed by atoms with Gasteiger partial charge in [-0.3, -0.25) is 13.9 Å². The van der Waals surface area contributed by atoms with E-state index in [1.807, 2.05) is 39.5 Å². The van der Waals surface area contributed by atoms with Gasteiger partial charge in [-0.25, -0.2) is 9.97 Å². The van der Waals surface area contributed by atoms with Gasteiger partial charge in [0.1, 0.15) is 16.9 Å². The van der Waals surface area contributed by atoms with Crippen LogP contribution in [0, 0.1) is 6.92 Å². The van der Waals surface area contributed by atoms with E-state index in [0.717, 1.165) is 27.7 Å². The molecule has 3 aromatic rings. The summed E-state index contributed by atoms with van der Waals surface area (Å²) >= 11 is 1.49. The third-order valence-electron chi connectivity index (χ3n) is 5.24. The molecule has 1 saturated heterocycles. The first-order valence-corrected chi connectivity index (χ1v) is 11.1. The minimum atomic E-state index is -0.0859. The molecule has 0 unspecified atom stereocenters. The van der Waals surface area contributed by atoms with Crippen molar-refractivity contribution in [3.05, 3.63) is 57.9 Å². The van der Waals surface area contributed by atoms with Crippen LogP contribution in [0.2, 0.25) is 0 Å². The maximum atomic E-state index is 13.1. The fourth-order valence-corrected chi connectivity index (χ4v) is 4.16. The van der Waals surface area contributed by atoms with E-state index in [1.54, 1.807) is 15.3 Å². The molecular weight excluding hydrogens is 400 g/mol. The first-order chi connectivity index (χ1) is 14.4. The second kappa shape index (κ2) is 8.23. The predicted molar refractivity (Wildman–Crippen MR) is 118 cm³/mol. The van der Waals surface area contributed by atoms with E-state index in [1.165, 1.54) is 11.8 Å². The molecule has 3 aromatic heterocycles. The lowest BCUT2D eigenvalue weighted by Crippen LogP contribution is -2.39. The fraction of sp³-hybridized carbons (Fsp3) is 0.429. The SMILES string of the molecule is C=C(C)Cc1nc2c(SC)nc(N3CCO[C@@H](c4cnn(C)c4)C3)cn2c(=O)c1C. The smallest absolute Gasteiger partial charge is 0.261 e. The summed E-state index contributed by atoms with van der Waals surface area (Å²) in [6.45, 7) is 9.66. The van der Waals surface area contributed by atoms with Crippen molar-refractivity contribution in [3.8, 4) is 0 Å². The largest absolute Gasteiger partial charge is 0.370 e. The van der Waals surface area contributed by atoms with E-state index in [4.69, 9.17) is 14.7 Å². The lowest BCUT2D eigenvalue weighted by atomic mass is 10.1. The first kappa shape index (κ1) is 20.6. The Morgan fingerprint density at radius 2 is 2.17 bits per heavy atom. The lowest BCUT2D eigenvalue weighted by molar-refractivity contribution is 0.0394. The number of allylic oxidation sites excluding steroid dienone is 1. The zero-order valence-corrected chi connectivity index (χ0v) is 18.6. The molecule has 1 atom stereocenters. The van der Waals surface area contributed by atoms with Crippen molar-refractivity contribution in [2.24, 2.45) is 7.05 Å². The molecule has 0 aliphatic carbocycles. The average Bonchev–Trinajstić information content (AvgIpc) is 3.17. The molecule has 0 saturated carbocycles. The highest BCUT2D eigenvalue weighted by molar-refractivity contribution is 7.98. The summed E-state index contributed by atoms with van der Waals surface area (Å²) in [6.07, 6.45) is 8.05. The Kier molecular flexibility index (Phi) is 5.66. The highest BCUT2D eigenvalue weighted by atomic mass is 32.2. The Labute approximate surface area is 179 Å². The topological polar surface area (TPSA) is 77.6 Å².